The maximum absolute atomic E-state index is 12.8. The average Bonchev–Trinajstić information content (AvgIpc) is 2.73. The summed E-state index contributed by atoms with van der Waals surface area (Å²) >= 11 is 1.27. The quantitative estimate of drug-likeness (QED) is 0.489. The van der Waals surface area contributed by atoms with Crippen molar-refractivity contribution >= 4 is 35.2 Å². The number of thioether (sulfide) groups is 1. The van der Waals surface area contributed by atoms with Crippen LogP contribution in [0.2, 0.25) is 0 Å². The highest BCUT2D eigenvalue weighted by Gasteiger charge is 2.25. The molecule has 0 aliphatic heterocycles. The van der Waals surface area contributed by atoms with Crippen molar-refractivity contribution in [3.05, 3.63) is 60.2 Å². The van der Waals surface area contributed by atoms with Gasteiger partial charge in [-0.15, -0.1) is 11.8 Å². The lowest BCUT2D eigenvalue weighted by atomic mass is 10.2. The Balaban J connectivity index is 2.09. The van der Waals surface area contributed by atoms with E-state index in [-0.39, 0.29) is 17.6 Å². The van der Waals surface area contributed by atoms with Gasteiger partial charge in [0.2, 0.25) is 5.91 Å². The van der Waals surface area contributed by atoms with E-state index in [9.17, 15) is 14.4 Å². The van der Waals surface area contributed by atoms with E-state index in [1.807, 2.05) is 37.3 Å². The number of nitrogens with zero attached hydrogens (tertiary/aromatic N) is 2. The van der Waals surface area contributed by atoms with E-state index in [2.05, 4.69) is 0 Å². The molecule has 2 rings (SSSR count). The van der Waals surface area contributed by atoms with E-state index < -0.39 is 12.1 Å². The minimum atomic E-state index is -0.941. The summed E-state index contributed by atoms with van der Waals surface area (Å²) in [5, 5.41) is 0. The lowest BCUT2D eigenvalue weighted by Crippen LogP contribution is -2.40. The van der Waals surface area contributed by atoms with Crippen LogP contribution in [0.5, 0.6) is 0 Å². The maximum Gasteiger partial charge on any atom is 0.340 e. The van der Waals surface area contributed by atoms with Crippen molar-refractivity contribution in [3.63, 3.8) is 0 Å². The number of anilines is 1. The number of ether oxygens (including phenoxy) is 1. The summed E-state index contributed by atoms with van der Waals surface area (Å²) in [5.41, 5.74) is 1.09. The van der Waals surface area contributed by atoms with Gasteiger partial charge < -0.3 is 14.5 Å². The number of amides is 2. The molecule has 0 fully saturated rings. The number of rotatable bonds is 8. The van der Waals surface area contributed by atoms with Gasteiger partial charge in [0.05, 0.1) is 11.3 Å². The number of likely N-dealkylation sites (N-methyl/N-ethyl adjacent to an activating group) is 1. The number of hydrogen-bond acceptors (Lipinski definition) is 5. The molecule has 0 unspecified atom stereocenters. The monoisotopic (exact) mass is 414 g/mol. The molecule has 2 amide bonds. The Bertz CT molecular complexity index is 855. The van der Waals surface area contributed by atoms with Gasteiger partial charge in [0, 0.05) is 31.2 Å². The molecule has 2 aromatic rings. The Morgan fingerprint density at radius 3 is 2.24 bits per heavy atom. The van der Waals surface area contributed by atoms with Gasteiger partial charge in [-0.3, -0.25) is 9.59 Å². The second kappa shape index (κ2) is 10.7. The van der Waals surface area contributed by atoms with Crippen LogP contribution in [0.1, 0.15) is 24.2 Å². The second-order valence-electron chi connectivity index (χ2n) is 6.54. The topological polar surface area (TPSA) is 66.9 Å². The normalized spacial score (nSPS) is 11.4. The van der Waals surface area contributed by atoms with Gasteiger partial charge in [-0.2, -0.15) is 0 Å². The largest absolute Gasteiger partial charge is 0.449 e. The zero-order valence-electron chi connectivity index (χ0n) is 17.1. The standard InChI is InChI=1S/C22H26N2O4S/c1-5-24(17-11-7-6-8-12-17)21(26)16(2)28-22(27)18-13-9-10-14-19(18)29-15-20(25)23(3)4/h6-14,16H,5,15H2,1-4H3/t16-/m0/s1. The molecule has 1 atom stereocenters. The van der Waals surface area contributed by atoms with Crippen molar-refractivity contribution in [2.75, 3.05) is 31.3 Å². The highest BCUT2D eigenvalue weighted by Crippen LogP contribution is 2.24. The SMILES string of the molecule is CCN(C(=O)[C@H](C)OC(=O)c1ccccc1SCC(=O)N(C)C)c1ccccc1. The molecule has 0 aliphatic carbocycles. The highest BCUT2D eigenvalue weighted by atomic mass is 32.2. The smallest absolute Gasteiger partial charge is 0.340 e. The molecule has 7 heteroatoms. The third kappa shape index (κ3) is 6.09. The van der Waals surface area contributed by atoms with Crippen molar-refractivity contribution in [3.8, 4) is 0 Å². The molecule has 2 aromatic carbocycles. The van der Waals surface area contributed by atoms with E-state index >= 15 is 0 Å². The third-order valence-corrected chi connectivity index (χ3v) is 5.30. The number of carbonyl (C=O) groups excluding carboxylic acids is 3. The summed E-state index contributed by atoms with van der Waals surface area (Å²) in [7, 11) is 3.37. The number of benzene rings is 2. The van der Waals surface area contributed by atoms with Gasteiger partial charge in [0.1, 0.15) is 0 Å². The van der Waals surface area contributed by atoms with Gasteiger partial charge in [-0.05, 0) is 38.1 Å². The van der Waals surface area contributed by atoms with Crippen molar-refractivity contribution in [2.24, 2.45) is 0 Å². The van der Waals surface area contributed by atoms with Crippen LogP contribution in [-0.4, -0.2) is 55.2 Å². The van der Waals surface area contributed by atoms with Crippen LogP contribution < -0.4 is 4.90 Å². The predicted molar refractivity (Wildman–Crippen MR) is 115 cm³/mol. The van der Waals surface area contributed by atoms with Crippen molar-refractivity contribution < 1.29 is 19.1 Å². The Kier molecular flexibility index (Phi) is 8.27. The first kappa shape index (κ1) is 22.5. The molecule has 154 valence electrons. The van der Waals surface area contributed by atoms with Crippen molar-refractivity contribution in [1.29, 1.82) is 0 Å². The van der Waals surface area contributed by atoms with Crippen LogP contribution >= 0.6 is 11.8 Å². The Morgan fingerprint density at radius 1 is 1.00 bits per heavy atom. The highest BCUT2D eigenvalue weighted by molar-refractivity contribution is 8.00. The van der Waals surface area contributed by atoms with Crippen LogP contribution in [0.4, 0.5) is 5.69 Å². The molecule has 0 aliphatic rings. The molecule has 0 N–H and O–H groups in total. The van der Waals surface area contributed by atoms with Crippen molar-refractivity contribution in [1.82, 2.24) is 4.90 Å². The summed E-state index contributed by atoms with van der Waals surface area (Å²) in [5.74, 6) is -0.720. The summed E-state index contributed by atoms with van der Waals surface area (Å²) in [4.78, 5) is 41.1. The molecule has 0 spiro atoms. The number of esters is 1. The molecule has 0 radical (unpaired) electrons. The average molecular weight is 415 g/mol. The van der Waals surface area contributed by atoms with Crippen LogP contribution in [-0.2, 0) is 14.3 Å². The van der Waals surface area contributed by atoms with E-state index in [4.69, 9.17) is 4.74 Å². The van der Waals surface area contributed by atoms with E-state index in [1.165, 1.54) is 16.7 Å². The summed E-state index contributed by atoms with van der Waals surface area (Å²) < 4.78 is 5.46. The first-order chi connectivity index (χ1) is 13.8. The van der Waals surface area contributed by atoms with E-state index in [0.29, 0.717) is 17.0 Å². The van der Waals surface area contributed by atoms with Gasteiger partial charge in [-0.1, -0.05) is 30.3 Å². The summed E-state index contributed by atoms with van der Waals surface area (Å²) in [6, 6.07) is 16.2. The number of carbonyl (C=O) groups is 3. The van der Waals surface area contributed by atoms with Crippen molar-refractivity contribution in [2.45, 2.75) is 24.8 Å². The fourth-order valence-corrected chi connectivity index (χ4v) is 3.62. The number of para-hydroxylation sites is 1. The van der Waals surface area contributed by atoms with Gasteiger partial charge in [-0.25, -0.2) is 4.79 Å². The van der Waals surface area contributed by atoms with Crippen LogP contribution in [0.15, 0.2) is 59.5 Å². The summed E-state index contributed by atoms with van der Waals surface area (Å²) in [6.45, 7) is 3.90. The van der Waals surface area contributed by atoms with Crippen LogP contribution in [0, 0.1) is 0 Å². The molecular formula is C22H26N2O4S. The first-order valence-corrected chi connectivity index (χ1v) is 10.3. The Labute approximate surface area is 175 Å². The van der Waals surface area contributed by atoms with Crippen LogP contribution in [0.3, 0.4) is 0 Å². The molecule has 0 heterocycles. The van der Waals surface area contributed by atoms with Gasteiger partial charge in [0.25, 0.3) is 5.91 Å². The molecule has 6 nitrogen and oxygen atoms in total. The Morgan fingerprint density at radius 2 is 1.62 bits per heavy atom. The summed E-state index contributed by atoms with van der Waals surface area (Å²) in [6.07, 6.45) is -0.941. The maximum atomic E-state index is 12.8. The Hall–Kier alpha value is -2.80. The van der Waals surface area contributed by atoms with E-state index in [1.54, 1.807) is 50.2 Å². The minimum absolute atomic E-state index is 0.0526. The van der Waals surface area contributed by atoms with Crippen LogP contribution in [0.25, 0.3) is 0 Å². The zero-order chi connectivity index (χ0) is 21.4. The first-order valence-electron chi connectivity index (χ1n) is 9.34. The fraction of sp³-hybridized carbons (Fsp3) is 0.318. The lowest BCUT2D eigenvalue weighted by molar-refractivity contribution is -0.126. The minimum Gasteiger partial charge on any atom is -0.449 e. The molecule has 0 aromatic heterocycles. The molecule has 0 bridgehead atoms. The number of hydrogen-bond donors (Lipinski definition) is 0. The van der Waals surface area contributed by atoms with Gasteiger partial charge >= 0.3 is 5.97 Å². The second-order valence-corrected chi connectivity index (χ2v) is 7.56. The predicted octanol–water partition coefficient (Wildman–Crippen LogP) is 3.47. The zero-order valence-corrected chi connectivity index (χ0v) is 17.9. The lowest BCUT2D eigenvalue weighted by Gasteiger charge is -2.24. The molecule has 0 saturated carbocycles. The molecule has 0 saturated heterocycles. The fourth-order valence-electron chi connectivity index (χ4n) is 2.60. The van der Waals surface area contributed by atoms with E-state index in [0.717, 1.165) is 5.69 Å². The third-order valence-electron chi connectivity index (χ3n) is 4.24. The molecule has 29 heavy (non-hydrogen) atoms. The van der Waals surface area contributed by atoms with Gasteiger partial charge in [0.15, 0.2) is 6.10 Å². The molecular weight excluding hydrogens is 388 g/mol.